The lowest BCUT2D eigenvalue weighted by molar-refractivity contribution is -0.0570. The summed E-state index contributed by atoms with van der Waals surface area (Å²) in [4.78, 5) is 8.53. The first kappa shape index (κ1) is 14.1. The molecule has 1 aromatic rings. The van der Waals surface area contributed by atoms with Crippen molar-refractivity contribution >= 4 is 0 Å². The van der Waals surface area contributed by atoms with Crippen LogP contribution >= 0.6 is 0 Å². The fourth-order valence-corrected chi connectivity index (χ4v) is 2.02. The predicted octanol–water partition coefficient (Wildman–Crippen LogP) is 2.33. The van der Waals surface area contributed by atoms with Crippen molar-refractivity contribution in [1.29, 1.82) is 0 Å². The van der Waals surface area contributed by atoms with Crippen molar-refractivity contribution in [3.63, 3.8) is 0 Å². The van der Waals surface area contributed by atoms with E-state index < -0.39 is 0 Å². The molecule has 2 unspecified atom stereocenters. The maximum absolute atomic E-state index is 5.92. The molecule has 4 heteroatoms. The summed E-state index contributed by atoms with van der Waals surface area (Å²) in [6.45, 7) is 9.95. The van der Waals surface area contributed by atoms with Gasteiger partial charge in [0.2, 0.25) is 0 Å². The monoisotopic (exact) mass is 237 g/mol. The third-order valence-electron chi connectivity index (χ3n) is 3.07. The van der Waals surface area contributed by atoms with Crippen LogP contribution in [0.25, 0.3) is 0 Å². The third kappa shape index (κ3) is 3.48. The second kappa shape index (κ2) is 6.67. The minimum Gasteiger partial charge on any atom is -0.374 e. The van der Waals surface area contributed by atoms with Gasteiger partial charge in [0.15, 0.2) is 0 Å². The molecule has 0 spiro atoms. The summed E-state index contributed by atoms with van der Waals surface area (Å²) in [7, 11) is 0. The Balaban J connectivity index is 2.98. The minimum atomic E-state index is -0.249. The molecule has 1 aromatic heterocycles. The smallest absolute Gasteiger partial charge is 0.0861 e. The first-order valence-electron chi connectivity index (χ1n) is 6.31. The Morgan fingerprint density at radius 3 is 2.59 bits per heavy atom. The van der Waals surface area contributed by atoms with Gasteiger partial charge in [0.25, 0.3) is 0 Å². The fourth-order valence-electron chi connectivity index (χ4n) is 2.02. The average molecular weight is 237 g/mol. The van der Waals surface area contributed by atoms with Gasteiger partial charge in [0.05, 0.1) is 23.5 Å². The van der Waals surface area contributed by atoms with E-state index in [-0.39, 0.29) is 11.6 Å². The molecular weight excluding hydrogens is 214 g/mol. The molecule has 17 heavy (non-hydrogen) atoms. The largest absolute Gasteiger partial charge is 0.374 e. The SMILES string of the molecule is CCNC(c1cnccn1)C(C)(CC)OCC. The number of hydrogen-bond donors (Lipinski definition) is 1. The quantitative estimate of drug-likeness (QED) is 0.790. The topological polar surface area (TPSA) is 47.0 Å². The van der Waals surface area contributed by atoms with Crippen molar-refractivity contribution in [3.8, 4) is 0 Å². The summed E-state index contributed by atoms with van der Waals surface area (Å²) in [6, 6.07) is 0.0751. The lowest BCUT2D eigenvalue weighted by Crippen LogP contribution is -2.44. The molecule has 1 N–H and O–H groups in total. The van der Waals surface area contributed by atoms with Crippen LogP contribution in [0.15, 0.2) is 18.6 Å². The van der Waals surface area contributed by atoms with E-state index in [1.807, 2.05) is 6.92 Å². The first-order valence-corrected chi connectivity index (χ1v) is 6.31. The van der Waals surface area contributed by atoms with Crippen LogP contribution in [0.5, 0.6) is 0 Å². The number of nitrogens with one attached hydrogen (secondary N) is 1. The van der Waals surface area contributed by atoms with Crippen LogP contribution < -0.4 is 5.32 Å². The van der Waals surface area contributed by atoms with E-state index in [1.54, 1.807) is 18.6 Å². The van der Waals surface area contributed by atoms with Crippen molar-refractivity contribution in [2.24, 2.45) is 0 Å². The third-order valence-corrected chi connectivity index (χ3v) is 3.07. The van der Waals surface area contributed by atoms with E-state index in [0.29, 0.717) is 6.61 Å². The molecule has 0 aliphatic heterocycles. The van der Waals surface area contributed by atoms with Crippen molar-refractivity contribution in [2.75, 3.05) is 13.2 Å². The molecular formula is C13H23N3O. The molecule has 0 aromatic carbocycles. The Kier molecular flexibility index (Phi) is 5.51. The van der Waals surface area contributed by atoms with Crippen LogP contribution in [0, 0.1) is 0 Å². The van der Waals surface area contributed by atoms with Gasteiger partial charge in [-0.2, -0.15) is 0 Å². The molecule has 0 aliphatic carbocycles. The Labute approximate surface area is 104 Å². The molecule has 0 bridgehead atoms. The summed E-state index contributed by atoms with van der Waals surface area (Å²) in [5.41, 5.74) is 0.688. The number of ether oxygens (including phenoxy) is 1. The number of likely N-dealkylation sites (N-methyl/N-ethyl adjacent to an activating group) is 1. The van der Waals surface area contributed by atoms with E-state index >= 15 is 0 Å². The lowest BCUT2D eigenvalue weighted by Gasteiger charge is -2.36. The molecule has 96 valence electrons. The van der Waals surface area contributed by atoms with Gasteiger partial charge >= 0.3 is 0 Å². The summed E-state index contributed by atoms with van der Waals surface area (Å²) >= 11 is 0. The second-order valence-corrected chi connectivity index (χ2v) is 4.22. The van der Waals surface area contributed by atoms with Gasteiger partial charge < -0.3 is 10.1 Å². The van der Waals surface area contributed by atoms with Gasteiger partial charge in [-0.05, 0) is 26.8 Å². The van der Waals surface area contributed by atoms with Gasteiger partial charge in [-0.3, -0.25) is 9.97 Å². The van der Waals surface area contributed by atoms with Gasteiger partial charge in [-0.1, -0.05) is 13.8 Å². The molecule has 2 atom stereocenters. The van der Waals surface area contributed by atoms with E-state index in [1.165, 1.54) is 0 Å². The van der Waals surface area contributed by atoms with Crippen LogP contribution in [0.1, 0.15) is 45.9 Å². The second-order valence-electron chi connectivity index (χ2n) is 4.22. The Bertz CT molecular complexity index is 318. The highest BCUT2D eigenvalue weighted by Gasteiger charge is 2.34. The average Bonchev–Trinajstić information content (AvgIpc) is 2.37. The van der Waals surface area contributed by atoms with Gasteiger partial charge in [-0.25, -0.2) is 0 Å². The van der Waals surface area contributed by atoms with E-state index in [2.05, 4.69) is 36.1 Å². The zero-order valence-electron chi connectivity index (χ0n) is 11.2. The van der Waals surface area contributed by atoms with Gasteiger partial charge in [-0.15, -0.1) is 0 Å². The van der Waals surface area contributed by atoms with E-state index in [9.17, 15) is 0 Å². The number of hydrogen-bond acceptors (Lipinski definition) is 4. The zero-order chi connectivity index (χ0) is 12.7. The molecule has 1 heterocycles. The molecule has 1 rings (SSSR count). The minimum absolute atomic E-state index is 0.0751. The standard InChI is InChI=1S/C13H23N3O/c1-5-13(4,17-7-3)12(15-6-2)11-10-14-8-9-16-11/h8-10,12,15H,5-7H2,1-4H3. The molecule has 0 saturated carbocycles. The molecule has 0 fully saturated rings. The number of aromatic nitrogens is 2. The Morgan fingerprint density at radius 1 is 1.35 bits per heavy atom. The van der Waals surface area contributed by atoms with Crippen LogP contribution in [0.4, 0.5) is 0 Å². The van der Waals surface area contributed by atoms with Crippen LogP contribution in [-0.4, -0.2) is 28.7 Å². The number of nitrogens with zero attached hydrogens (tertiary/aromatic N) is 2. The fraction of sp³-hybridized carbons (Fsp3) is 0.692. The maximum atomic E-state index is 5.92. The first-order chi connectivity index (χ1) is 8.18. The molecule has 0 amide bonds. The molecule has 0 radical (unpaired) electrons. The summed E-state index contributed by atoms with van der Waals surface area (Å²) in [5, 5.41) is 3.45. The number of rotatable bonds is 7. The maximum Gasteiger partial charge on any atom is 0.0861 e. The van der Waals surface area contributed by atoms with Crippen molar-refractivity contribution < 1.29 is 4.74 Å². The normalized spacial score (nSPS) is 16.5. The van der Waals surface area contributed by atoms with Crippen LogP contribution in [0.3, 0.4) is 0 Å². The highest BCUT2D eigenvalue weighted by Crippen LogP contribution is 2.30. The summed E-state index contributed by atoms with van der Waals surface area (Å²) < 4.78 is 5.92. The van der Waals surface area contributed by atoms with Gasteiger partial charge in [0.1, 0.15) is 0 Å². The van der Waals surface area contributed by atoms with Gasteiger partial charge in [0, 0.05) is 19.0 Å². The highest BCUT2D eigenvalue weighted by atomic mass is 16.5. The molecule has 0 saturated heterocycles. The van der Waals surface area contributed by atoms with Crippen molar-refractivity contribution in [1.82, 2.24) is 15.3 Å². The summed E-state index contributed by atoms with van der Waals surface area (Å²) in [5.74, 6) is 0. The van der Waals surface area contributed by atoms with Crippen LogP contribution in [0.2, 0.25) is 0 Å². The zero-order valence-corrected chi connectivity index (χ0v) is 11.2. The molecule has 0 aliphatic rings. The van der Waals surface area contributed by atoms with Crippen molar-refractivity contribution in [2.45, 2.75) is 45.8 Å². The Hall–Kier alpha value is -1.00. The van der Waals surface area contributed by atoms with Crippen molar-refractivity contribution in [3.05, 3.63) is 24.3 Å². The van der Waals surface area contributed by atoms with Crippen LogP contribution in [-0.2, 0) is 4.74 Å². The molecule has 4 nitrogen and oxygen atoms in total. The van der Waals surface area contributed by atoms with E-state index in [4.69, 9.17) is 4.74 Å². The lowest BCUT2D eigenvalue weighted by atomic mass is 9.90. The Morgan fingerprint density at radius 2 is 2.12 bits per heavy atom. The highest BCUT2D eigenvalue weighted by molar-refractivity contribution is 5.09. The predicted molar refractivity (Wildman–Crippen MR) is 68.8 cm³/mol. The van der Waals surface area contributed by atoms with E-state index in [0.717, 1.165) is 18.7 Å². The summed E-state index contributed by atoms with van der Waals surface area (Å²) in [6.07, 6.45) is 6.15.